The van der Waals surface area contributed by atoms with Gasteiger partial charge in [0.05, 0.1) is 0 Å². The lowest BCUT2D eigenvalue weighted by Crippen LogP contribution is -2.21. The maximum absolute atomic E-state index is 11.9. The number of esters is 1. The fourth-order valence-corrected chi connectivity index (χ4v) is 1.88. The highest BCUT2D eigenvalue weighted by Gasteiger charge is 2.16. The third-order valence-electron chi connectivity index (χ3n) is 3.01. The Balaban J connectivity index is 1.92. The Labute approximate surface area is 127 Å². The highest BCUT2D eigenvalue weighted by Crippen LogP contribution is 2.10. The number of para-hydroxylation sites is 1. The van der Waals surface area contributed by atoms with E-state index in [0.717, 1.165) is 0 Å². The average molecular weight is 300 g/mol. The van der Waals surface area contributed by atoms with Crippen molar-refractivity contribution in [2.24, 2.45) is 7.05 Å². The molecule has 1 amide bonds. The van der Waals surface area contributed by atoms with Crippen LogP contribution in [0.1, 0.15) is 27.8 Å². The summed E-state index contributed by atoms with van der Waals surface area (Å²) in [5.74, 6) is -1.23. The van der Waals surface area contributed by atoms with Gasteiger partial charge in [-0.3, -0.25) is 9.59 Å². The zero-order valence-electron chi connectivity index (χ0n) is 12.3. The molecule has 1 aromatic carbocycles. The molecule has 6 heteroatoms. The van der Waals surface area contributed by atoms with Crippen molar-refractivity contribution in [2.75, 3.05) is 11.9 Å². The molecule has 0 aliphatic carbocycles. The average Bonchev–Trinajstić information content (AvgIpc) is 2.88. The highest BCUT2D eigenvalue weighted by molar-refractivity contribution is 5.98. The van der Waals surface area contributed by atoms with E-state index >= 15 is 0 Å². The summed E-state index contributed by atoms with van der Waals surface area (Å²) < 4.78 is 6.45. The van der Waals surface area contributed by atoms with E-state index in [2.05, 4.69) is 5.32 Å². The zero-order valence-corrected chi connectivity index (χ0v) is 12.3. The van der Waals surface area contributed by atoms with Crippen LogP contribution in [0, 0.1) is 0 Å². The summed E-state index contributed by atoms with van der Waals surface area (Å²) in [7, 11) is 1.63. The van der Waals surface area contributed by atoms with Crippen LogP contribution in [-0.4, -0.2) is 28.8 Å². The first-order chi connectivity index (χ1) is 10.5. The Hall–Kier alpha value is -2.89. The van der Waals surface area contributed by atoms with Crippen molar-refractivity contribution in [2.45, 2.75) is 6.92 Å². The molecular weight excluding hydrogens is 284 g/mol. The molecule has 2 rings (SSSR count). The molecule has 114 valence electrons. The van der Waals surface area contributed by atoms with E-state index < -0.39 is 18.5 Å². The number of nitrogens with one attached hydrogen (secondary N) is 1. The van der Waals surface area contributed by atoms with Gasteiger partial charge in [0.1, 0.15) is 5.69 Å². The molecule has 0 unspecified atom stereocenters. The van der Waals surface area contributed by atoms with Gasteiger partial charge in [-0.15, -0.1) is 0 Å². The molecule has 0 saturated carbocycles. The van der Waals surface area contributed by atoms with Crippen LogP contribution in [-0.2, 0) is 16.6 Å². The van der Waals surface area contributed by atoms with Crippen molar-refractivity contribution in [1.29, 1.82) is 0 Å². The lowest BCUT2D eigenvalue weighted by molar-refractivity contribution is -0.119. The molecule has 0 spiro atoms. The van der Waals surface area contributed by atoms with Crippen LogP contribution in [0.25, 0.3) is 0 Å². The number of aryl methyl sites for hydroxylation is 1. The predicted molar refractivity (Wildman–Crippen MR) is 80.8 cm³/mol. The second-order valence-electron chi connectivity index (χ2n) is 4.77. The van der Waals surface area contributed by atoms with Crippen LogP contribution >= 0.6 is 0 Å². The number of benzene rings is 1. The second-order valence-corrected chi connectivity index (χ2v) is 4.77. The SMILES string of the molecule is CC(=O)c1cc(C(=O)OCC(=O)Nc2ccccc2)n(C)c1. The molecule has 0 bridgehead atoms. The smallest absolute Gasteiger partial charge is 0.355 e. The van der Waals surface area contributed by atoms with Gasteiger partial charge in [-0.25, -0.2) is 4.79 Å². The molecule has 1 heterocycles. The van der Waals surface area contributed by atoms with Gasteiger partial charge in [-0.2, -0.15) is 0 Å². The Morgan fingerprint density at radius 1 is 1.18 bits per heavy atom. The van der Waals surface area contributed by atoms with Crippen LogP contribution in [0.5, 0.6) is 0 Å². The highest BCUT2D eigenvalue weighted by atomic mass is 16.5. The quantitative estimate of drug-likeness (QED) is 0.677. The van der Waals surface area contributed by atoms with Crippen molar-refractivity contribution in [3.8, 4) is 0 Å². The van der Waals surface area contributed by atoms with E-state index in [1.165, 1.54) is 17.6 Å². The maximum Gasteiger partial charge on any atom is 0.355 e. The van der Waals surface area contributed by atoms with E-state index in [4.69, 9.17) is 4.74 Å². The van der Waals surface area contributed by atoms with E-state index in [1.54, 1.807) is 37.5 Å². The topological polar surface area (TPSA) is 77.4 Å². The maximum atomic E-state index is 11.9. The molecule has 22 heavy (non-hydrogen) atoms. The number of ether oxygens (including phenoxy) is 1. The van der Waals surface area contributed by atoms with Gasteiger partial charge >= 0.3 is 5.97 Å². The minimum atomic E-state index is -0.654. The number of hydrogen-bond acceptors (Lipinski definition) is 4. The zero-order chi connectivity index (χ0) is 16.1. The number of Topliss-reactive ketones (excluding diaryl/α,β-unsaturated/α-hetero) is 1. The number of carbonyl (C=O) groups excluding carboxylic acids is 3. The van der Waals surface area contributed by atoms with E-state index in [0.29, 0.717) is 11.3 Å². The fourth-order valence-electron chi connectivity index (χ4n) is 1.88. The number of anilines is 1. The van der Waals surface area contributed by atoms with Gasteiger partial charge in [-0.05, 0) is 25.1 Å². The van der Waals surface area contributed by atoms with Gasteiger partial charge < -0.3 is 14.6 Å². The molecule has 0 saturated heterocycles. The summed E-state index contributed by atoms with van der Waals surface area (Å²) in [5, 5.41) is 2.61. The Bertz CT molecular complexity index is 704. The van der Waals surface area contributed by atoms with Crippen LogP contribution in [0.3, 0.4) is 0 Å². The summed E-state index contributed by atoms with van der Waals surface area (Å²) in [6, 6.07) is 10.3. The Morgan fingerprint density at radius 3 is 2.45 bits per heavy atom. The molecule has 0 radical (unpaired) electrons. The van der Waals surface area contributed by atoms with Crippen molar-refractivity contribution in [3.05, 3.63) is 53.9 Å². The number of rotatable bonds is 5. The van der Waals surface area contributed by atoms with Crippen LogP contribution in [0.4, 0.5) is 5.69 Å². The molecule has 1 N–H and O–H groups in total. The number of nitrogens with zero attached hydrogens (tertiary/aromatic N) is 1. The van der Waals surface area contributed by atoms with Crippen molar-refractivity contribution < 1.29 is 19.1 Å². The van der Waals surface area contributed by atoms with Gasteiger partial charge in [0.25, 0.3) is 5.91 Å². The lowest BCUT2D eigenvalue weighted by atomic mass is 10.2. The van der Waals surface area contributed by atoms with Gasteiger partial charge in [0, 0.05) is 24.5 Å². The van der Waals surface area contributed by atoms with E-state index in [1.807, 2.05) is 6.07 Å². The van der Waals surface area contributed by atoms with Gasteiger partial charge in [0.15, 0.2) is 12.4 Å². The molecule has 6 nitrogen and oxygen atoms in total. The molecule has 0 atom stereocenters. The Kier molecular flexibility index (Phi) is 4.73. The first kappa shape index (κ1) is 15.5. The number of carbonyl (C=O) groups is 3. The monoisotopic (exact) mass is 300 g/mol. The number of ketones is 1. The largest absolute Gasteiger partial charge is 0.451 e. The van der Waals surface area contributed by atoms with Gasteiger partial charge in [0.2, 0.25) is 0 Å². The standard InChI is InChI=1S/C16H16N2O4/c1-11(19)12-8-14(18(2)9-12)16(21)22-10-15(20)17-13-6-4-3-5-7-13/h3-9H,10H2,1-2H3,(H,17,20). The third kappa shape index (κ3) is 3.82. The third-order valence-corrected chi connectivity index (χ3v) is 3.01. The lowest BCUT2D eigenvalue weighted by Gasteiger charge is -2.06. The predicted octanol–water partition coefficient (Wildman–Crippen LogP) is 2.02. The van der Waals surface area contributed by atoms with Crippen molar-refractivity contribution in [3.63, 3.8) is 0 Å². The summed E-state index contributed by atoms with van der Waals surface area (Å²) in [5.41, 5.74) is 1.27. The minimum Gasteiger partial charge on any atom is -0.451 e. The fraction of sp³-hybridized carbons (Fsp3) is 0.188. The molecular formula is C16H16N2O4. The summed E-state index contributed by atoms with van der Waals surface area (Å²) in [6.07, 6.45) is 1.54. The van der Waals surface area contributed by atoms with Crippen LogP contribution in [0.2, 0.25) is 0 Å². The molecule has 0 fully saturated rings. The molecule has 0 aliphatic heterocycles. The molecule has 0 aliphatic rings. The first-order valence-corrected chi connectivity index (χ1v) is 6.66. The summed E-state index contributed by atoms with van der Waals surface area (Å²) in [4.78, 5) is 34.9. The van der Waals surface area contributed by atoms with Crippen LogP contribution < -0.4 is 5.32 Å². The minimum absolute atomic E-state index is 0.142. The summed E-state index contributed by atoms with van der Waals surface area (Å²) >= 11 is 0. The van der Waals surface area contributed by atoms with E-state index in [9.17, 15) is 14.4 Å². The Morgan fingerprint density at radius 2 is 1.86 bits per heavy atom. The number of amides is 1. The molecule has 1 aromatic heterocycles. The number of hydrogen-bond donors (Lipinski definition) is 1. The van der Waals surface area contributed by atoms with E-state index in [-0.39, 0.29) is 11.5 Å². The van der Waals surface area contributed by atoms with Gasteiger partial charge in [-0.1, -0.05) is 18.2 Å². The van der Waals surface area contributed by atoms with Crippen molar-refractivity contribution in [1.82, 2.24) is 4.57 Å². The van der Waals surface area contributed by atoms with Crippen molar-refractivity contribution >= 4 is 23.3 Å². The second kappa shape index (κ2) is 6.71. The normalized spacial score (nSPS) is 10.1. The first-order valence-electron chi connectivity index (χ1n) is 6.66. The molecule has 2 aromatic rings. The number of aromatic nitrogens is 1. The summed E-state index contributed by atoms with van der Waals surface area (Å²) in [6.45, 7) is 1.02. The van der Waals surface area contributed by atoms with Crippen LogP contribution in [0.15, 0.2) is 42.6 Å².